The second-order valence-corrected chi connectivity index (χ2v) is 6.21. The molecule has 0 spiro atoms. The van der Waals surface area contributed by atoms with Crippen LogP contribution in [0, 0.1) is 5.92 Å². The molecule has 100 valence electrons. The quantitative estimate of drug-likeness (QED) is 0.743. The van der Waals surface area contributed by atoms with Crippen LogP contribution in [0.1, 0.15) is 18.6 Å². The van der Waals surface area contributed by atoms with Gasteiger partial charge in [0.2, 0.25) is 15.9 Å². The van der Waals surface area contributed by atoms with Crippen LogP contribution in [-0.4, -0.2) is 26.6 Å². The second-order valence-electron chi connectivity index (χ2n) is 4.28. The highest BCUT2D eigenvalue weighted by Crippen LogP contribution is 2.28. The molecule has 0 aromatic carbocycles. The summed E-state index contributed by atoms with van der Waals surface area (Å²) < 4.78 is 30.6. The number of rotatable bonds is 7. The molecular weight excluding hydrogens is 256 g/mol. The third kappa shape index (κ3) is 4.15. The van der Waals surface area contributed by atoms with Gasteiger partial charge in [-0.1, -0.05) is 0 Å². The molecular formula is C11H16N2O4S. The first-order valence-electron chi connectivity index (χ1n) is 5.84. The van der Waals surface area contributed by atoms with E-state index in [2.05, 4.69) is 10.0 Å². The zero-order valence-corrected chi connectivity index (χ0v) is 10.7. The predicted octanol–water partition coefficient (Wildman–Crippen LogP) is 0.225. The monoisotopic (exact) mass is 272 g/mol. The molecule has 7 heteroatoms. The number of sulfonamides is 1. The fourth-order valence-electron chi connectivity index (χ4n) is 1.46. The molecule has 1 heterocycles. The van der Waals surface area contributed by atoms with Crippen molar-refractivity contribution in [3.63, 3.8) is 0 Å². The van der Waals surface area contributed by atoms with Gasteiger partial charge in [0, 0.05) is 12.5 Å². The van der Waals surface area contributed by atoms with Crippen LogP contribution in [0.25, 0.3) is 0 Å². The van der Waals surface area contributed by atoms with Gasteiger partial charge < -0.3 is 9.73 Å². The molecule has 1 fully saturated rings. The van der Waals surface area contributed by atoms with Crippen molar-refractivity contribution in [1.29, 1.82) is 0 Å². The molecule has 18 heavy (non-hydrogen) atoms. The van der Waals surface area contributed by atoms with Crippen LogP contribution < -0.4 is 10.0 Å². The Morgan fingerprint density at radius 2 is 2.22 bits per heavy atom. The second kappa shape index (κ2) is 5.53. The lowest BCUT2D eigenvalue weighted by Gasteiger charge is -2.06. The van der Waals surface area contributed by atoms with E-state index in [1.54, 1.807) is 12.1 Å². The summed E-state index contributed by atoms with van der Waals surface area (Å²) in [6.45, 7) is 0.273. The van der Waals surface area contributed by atoms with Crippen molar-refractivity contribution in [3.8, 4) is 0 Å². The smallest absolute Gasteiger partial charge is 0.223 e. The number of hydrogen-bond acceptors (Lipinski definition) is 4. The number of hydrogen-bond donors (Lipinski definition) is 2. The average Bonchev–Trinajstić information content (AvgIpc) is 3.04. The van der Waals surface area contributed by atoms with Crippen molar-refractivity contribution in [2.24, 2.45) is 5.92 Å². The van der Waals surface area contributed by atoms with E-state index in [4.69, 9.17) is 4.42 Å². The molecule has 0 atom stereocenters. The number of furan rings is 1. The Bertz CT molecular complexity index is 491. The van der Waals surface area contributed by atoms with Crippen molar-refractivity contribution < 1.29 is 17.6 Å². The molecule has 0 radical (unpaired) electrons. The maximum atomic E-state index is 11.6. The van der Waals surface area contributed by atoms with E-state index in [0.29, 0.717) is 5.76 Å². The van der Waals surface area contributed by atoms with Gasteiger partial charge in [-0.2, -0.15) is 0 Å². The lowest BCUT2D eigenvalue weighted by molar-refractivity contribution is -0.122. The largest absolute Gasteiger partial charge is 0.468 e. The number of amides is 1. The van der Waals surface area contributed by atoms with Crippen LogP contribution in [0.3, 0.4) is 0 Å². The van der Waals surface area contributed by atoms with Crippen LogP contribution in [0.15, 0.2) is 22.8 Å². The van der Waals surface area contributed by atoms with Gasteiger partial charge in [0.1, 0.15) is 5.76 Å². The number of carbonyl (C=O) groups excluding carboxylic acids is 1. The fourth-order valence-corrected chi connectivity index (χ4v) is 2.34. The zero-order chi connectivity index (χ0) is 13.0. The number of nitrogens with one attached hydrogen (secondary N) is 2. The Morgan fingerprint density at radius 1 is 1.44 bits per heavy atom. The van der Waals surface area contributed by atoms with Crippen molar-refractivity contribution in [2.45, 2.75) is 19.4 Å². The average molecular weight is 272 g/mol. The van der Waals surface area contributed by atoms with Gasteiger partial charge >= 0.3 is 0 Å². The van der Waals surface area contributed by atoms with Crippen LogP contribution in [0.5, 0.6) is 0 Å². The number of carbonyl (C=O) groups is 1. The maximum Gasteiger partial charge on any atom is 0.223 e. The molecule has 2 N–H and O–H groups in total. The van der Waals surface area contributed by atoms with E-state index in [1.807, 2.05) is 0 Å². The van der Waals surface area contributed by atoms with Gasteiger partial charge in [-0.05, 0) is 25.0 Å². The summed E-state index contributed by atoms with van der Waals surface area (Å²) in [6, 6.07) is 3.39. The molecule has 1 amide bonds. The molecule has 2 rings (SSSR count). The van der Waals surface area contributed by atoms with Gasteiger partial charge in [0.15, 0.2) is 0 Å². The topological polar surface area (TPSA) is 88.4 Å². The SMILES string of the molecule is O=C(NCCS(=O)(=O)NCc1ccco1)C1CC1. The molecule has 1 aromatic heterocycles. The summed E-state index contributed by atoms with van der Waals surface area (Å²) in [5.74, 6) is 0.493. The Hall–Kier alpha value is -1.34. The van der Waals surface area contributed by atoms with Crippen LogP contribution in [0.2, 0.25) is 0 Å². The van der Waals surface area contributed by atoms with E-state index in [-0.39, 0.29) is 30.7 Å². The van der Waals surface area contributed by atoms with Crippen molar-refractivity contribution in [2.75, 3.05) is 12.3 Å². The summed E-state index contributed by atoms with van der Waals surface area (Å²) in [7, 11) is -3.38. The molecule has 1 aromatic rings. The lowest BCUT2D eigenvalue weighted by Crippen LogP contribution is -2.34. The first-order valence-corrected chi connectivity index (χ1v) is 7.49. The third-order valence-corrected chi connectivity index (χ3v) is 3.99. The minimum atomic E-state index is -3.38. The Labute approximate surface area is 106 Å². The highest BCUT2D eigenvalue weighted by atomic mass is 32.2. The highest BCUT2D eigenvalue weighted by molar-refractivity contribution is 7.89. The molecule has 6 nitrogen and oxygen atoms in total. The first-order chi connectivity index (χ1) is 8.57. The van der Waals surface area contributed by atoms with Gasteiger partial charge in [-0.3, -0.25) is 4.79 Å². The summed E-state index contributed by atoms with van der Waals surface area (Å²) >= 11 is 0. The summed E-state index contributed by atoms with van der Waals surface area (Å²) in [4.78, 5) is 11.3. The van der Waals surface area contributed by atoms with E-state index < -0.39 is 10.0 Å². The van der Waals surface area contributed by atoms with Crippen LogP contribution in [-0.2, 0) is 21.4 Å². The molecule has 0 bridgehead atoms. The third-order valence-electron chi connectivity index (χ3n) is 2.66. The van der Waals surface area contributed by atoms with Gasteiger partial charge in [0.25, 0.3) is 0 Å². The fraction of sp³-hybridized carbons (Fsp3) is 0.545. The summed E-state index contributed by atoms with van der Waals surface area (Å²) in [5, 5.41) is 2.61. The van der Waals surface area contributed by atoms with Crippen molar-refractivity contribution in [3.05, 3.63) is 24.2 Å². The van der Waals surface area contributed by atoms with Crippen molar-refractivity contribution in [1.82, 2.24) is 10.0 Å². The molecule has 0 saturated heterocycles. The Kier molecular flexibility index (Phi) is 4.03. The molecule has 0 unspecified atom stereocenters. The zero-order valence-electron chi connectivity index (χ0n) is 9.89. The Balaban J connectivity index is 1.68. The van der Waals surface area contributed by atoms with Crippen LogP contribution in [0.4, 0.5) is 0 Å². The predicted molar refractivity (Wildman–Crippen MR) is 65.1 cm³/mol. The minimum Gasteiger partial charge on any atom is -0.468 e. The van der Waals surface area contributed by atoms with Crippen LogP contribution >= 0.6 is 0 Å². The molecule has 1 saturated carbocycles. The maximum absolute atomic E-state index is 11.6. The highest BCUT2D eigenvalue weighted by Gasteiger charge is 2.29. The normalized spacial score (nSPS) is 15.6. The minimum absolute atomic E-state index is 0.0452. The van der Waals surface area contributed by atoms with E-state index in [9.17, 15) is 13.2 Å². The van der Waals surface area contributed by atoms with Gasteiger partial charge in [-0.15, -0.1) is 0 Å². The van der Waals surface area contributed by atoms with Gasteiger partial charge in [-0.25, -0.2) is 13.1 Å². The first kappa shape index (κ1) is 13.1. The molecule has 1 aliphatic rings. The Morgan fingerprint density at radius 3 is 2.83 bits per heavy atom. The van der Waals surface area contributed by atoms with Gasteiger partial charge in [0.05, 0.1) is 18.6 Å². The van der Waals surface area contributed by atoms with Crippen molar-refractivity contribution >= 4 is 15.9 Å². The summed E-state index contributed by atoms with van der Waals surface area (Å²) in [5.41, 5.74) is 0. The van der Waals surface area contributed by atoms with E-state index in [0.717, 1.165) is 12.8 Å². The van der Waals surface area contributed by atoms with E-state index in [1.165, 1.54) is 6.26 Å². The van der Waals surface area contributed by atoms with E-state index >= 15 is 0 Å². The lowest BCUT2D eigenvalue weighted by atomic mass is 10.4. The molecule has 1 aliphatic carbocycles. The molecule has 0 aliphatic heterocycles. The standard InChI is InChI=1S/C11H16N2O4S/c14-11(9-3-4-9)12-5-7-18(15,16)13-8-10-2-1-6-17-10/h1-2,6,9,13H,3-5,7-8H2,(H,12,14). The summed E-state index contributed by atoms with van der Waals surface area (Å²) in [6.07, 6.45) is 3.31.